The molecule has 0 fully saturated rings. The minimum Gasteiger partial charge on any atom is -0.396 e. The molecule has 102 valence electrons. The van der Waals surface area contributed by atoms with Crippen LogP contribution in [0.1, 0.15) is 6.42 Å². The lowest BCUT2D eigenvalue weighted by molar-refractivity contribution is 0.290. The molecule has 0 aromatic carbocycles. The van der Waals surface area contributed by atoms with Crippen molar-refractivity contribution in [3.05, 3.63) is 12.4 Å². The Labute approximate surface area is 109 Å². The highest BCUT2D eigenvalue weighted by Crippen LogP contribution is 2.12. The molecule has 0 aliphatic carbocycles. The number of nitrogens with one attached hydrogen (secondary N) is 1. The van der Waals surface area contributed by atoms with E-state index in [-0.39, 0.29) is 6.61 Å². The van der Waals surface area contributed by atoms with E-state index in [2.05, 4.69) is 20.2 Å². The quantitative estimate of drug-likeness (QED) is 0.693. The van der Waals surface area contributed by atoms with Crippen molar-refractivity contribution in [2.24, 2.45) is 0 Å². The summed E-state index contributed by atoms with van der Waals surface area (Å²) < 4.78 is 0. The number of nitrogens with zero attached hydrogens (tertiary/aromatic N) is 4. The normalized spacial score (nSPS) is 10.7. The molecule has 0 saturated heterocycles. The molecule has 0 aliphatic rings. The van der Waals surface area contributed by atoms with Crippen molar-refractivity contribution >= 4 is 11.6 Å². The Hall–Kier alpha value is -1.40. The topological polar surface area (TPSA) is 64.5 Å². The zero-order valence-corrected chi connectivity index (χ0v) is 11.4. The van der Waals surface area contributed by atoms with E-state index in [4.69, 9.17) is 5.11 Å². The van der Waals surface area contributed by atoms with E-state index in [1.807, 2.05) is 32.1 Å². The molecule has 0 saturated carbocycles. The van der Waals surface area contributed by atoms with Gasteiger partial charge in [-0.3, -0.25) is 0 Å². The third kappa shape index (κ3) is 5.29. The van der Waals surface area contributed by atoms with Gasteiger partial charge in [-0.1, -0.05) is 0 Å². The lowest BCUT2D eigenvalue weighted by atomic mass is 10.4. The molecular formula is C12H23N5O. The Balaban J connectivity index is 2.50. The summed E-state index contributed by atoms with van der Waals surface area (Å²) >= 11 is 0. The van der Waals surface area contributed by atoms with E-state index >= 15 is 0 Å². The Kier molecular flexibility index (Phi) is 6.38. The van der Waals surface area contributed by atoms with Gasteiger partial charge in [0.05, 0.1) is 0 Å². The molecule has 0 atom stereocenters. The Morgan fingerprint density at radius 2 is 2.00 bits per heavy atom. The van der Waals surface area contributed by atoms with E-state index in [0.717, 1.165) is 37.7 Å². The zero-order valence-electron chi connectivity index (χ0n) is 11.4. The summed E-state index contributed by atoms with van der Waals surface area (Å²) in [5.74, 6) is 1.70. The van der Waals surface area contributed by atoms with Gasteiger partial charge in [0.25, 0.3) is 0 Å². The van der Waals surface area contributed by atoms with Gasteiger partial charge in [0.1, 0.15) is 18.0 Å². The molecule has 0 bridgehead atoms. The van der Waals surface area contributed by atoms with Crippen molar-refractivity contribution < 1.29 is 5.11 Å². The monoisotopic (exact) mass is 253 g/mol. The molecule has 0 radical (unpaired) electrons. The highest BCUT2D eigenvalue weighted by molar-refractivity contribution is 5.47. The fraction of sp³-hybridized carbons (Fsp3) is 0.667. The van der Waals surface area contributed by atoms with Crippen LogP contribution in [0.2, 0.25) is 0 Å². The first-order chi connectivity index (χ1) is 8.63. The number of hydrogen-bond donors (Lipinski definition) is 2. The van der Waals surface area contributed by atoms with Crippen LogP contribution in [-0.2, 0) is 0 Å². The van der Waals surface area contributed by atoms with Crippen molar-refractivity contribution in [3.8, 4) is 0 Å². The molecular weight excluding hydrogens is 230 g/mol. The molecule has 6 heteroatoms. The second-order valence-corrected chi connectivity index (χ2v) is 4.49. The summed E-state index contributed by atoms with van der Waals surface area (Å²) in [5.41, 5.74) is 0. The molecule has 2 N–H and O–H groups in total. The van der Waals surface area contributed by atoms with E-state index < -0.39 is 0 Å². The average molecular weight is 253 g/mol. The summed E-state index contributed by atoms with van der Waals surface area (Å²) in [6, 6.07) is 1.92. The lowest BCUT2D eigenvalue weighted by Crippen LogP contribution is -2.22. The molecule has 1 heterocycles. The van der Waals surface area contributed by atoms with Gasteiger partial charge < -0.3 is 20.2 Å². The maximum absolute atomic E-state index is 8.81. The highest BCUT2D eigenvalue weighted by Gasteiger charge is 2.03. The maximum Gasteiger partial charge on any atom is 0.133 e. The Morgan fingerprint density at radius 3 is 2.67 bits per heavy atom. The Morgan fingerprint density at radius 1 is 1.22 bits per heavy atom. The molecule has 0 amide bonds. The highest BCUT2D eigenvalue weighted by atomic mass is 16.3. The van der Waals surface area contributed by atoms with Crippen LogP contribution in [0.3, 0.4) is 0 Å². The van der Waals surface area contributed by atoms with Gasteiger partial charge in [-0.25, -0.2) is 9.97 Å². The van der Waals surface area contributed by atoms with Crippen LogP contribution in [0.25, 0.3) is 0 Å². The third-order valence-corrected chi connectivity index (χ3v) is 2.56. The lowest BCUT2D eigenvalue weighted by Gasteiger charge is -2.18. The number of anilines is 2. The minimum absolute atomic E-state index is 0.198. The van der Waals surface area contributed by atoms with Crippen LogP contribution in [0.4, 0.5) is 11.6 Å². The van der Waals surface area contributed by atoms with Crippen LogP contribution in [0.15, 0.2) is 12.4 Å². The molecule has 0 spiro atoms. The summed E-state index contributed by atoms with van der Waals surface area (Å²) in [4.78, 5) is 12.5. The van der Waals surface area contributed by atoms with Gasteiger partial charge in [0.15, 0.2) is 0 Å². The second kappa shape index (κ2) is 7.84. The summed E-state index contributed by atoms with van der Waals surface area (Å²) in [5, 5.41) is 12.1. The SMILES string of the molecule is CN(C)CCNc1cc(N(C)CCCO)ncn1. The van der Waals surface area contributed by atoms with E-state index in [0.29, 0.717) is 0 Å². The zero-order chi connectivity index (χ0) is 13.4. The van der Waals surface area contributed by atoms with Gasteiger partial charge in [-0.15, -0.1) is 0 Å². The van der Waals surface area contributed by atoms with Gasteiger partial charge in [-0.2, -0.15) is 0 Å². The number of hydrogen-bond acceptors (Lipinski definition) is 6. The van der Waals surface area contributed by atoms with E-state index in [9.17, 15) is 0 Å². The summed E-state index contributed by atoms with van der Waals surface area (Å²) in [6.07, 6.45) is 2.30. The maximum atomic E-state index is 8.81. The van der Waals surface area contributed by atoms with Crippen LogP contribution in [0, 0.1) is 0 Å². The predicted octanol–water partition coefficient (Wildman–Crippen LogP) is 0.269. The van der Waals surface area contributed by atoms with Crippen LogP contribution >= 0.6 is 0 Å². The van der Waals surface area contributed by atoms with Gasteiger partial charge in [0.2, 0.25) is 0 Å². The number of likely N-dealkylation sites (N-methyl/N-ethyl adjacent to an activating group) is 1. The minimum atomic E-state index is 0.198. The number of aliphatic hydroxyl groups excluding tert-OH is 1. The standard InChI is InChI=1S/C12H23N5O/c1-16(2)7-5-13-11-9-12(15-10-14-11)17(3)6-4-8-18/h9-10,18H,4-8H2,1-3H3,(H,13,14,15). The first-order valence-electron chi connectivity index (χ1n) is 6.16. The number of aromatic nitrogens is 2. The molecule has 0 aliphatic heterocycles. The number of aliphatic hydroxyl groups is 1. The summed E-state index contributed by atoms with van der Waals surface area (Å²) in [7, 11) is 6.03. The Bertz CT molecular complexity index is 345. The molecule has 6 nitrogen and oxygen atoms in total. The molecule has 1 rings (SSSR count). The van der Waals surface area contributed by atoms with E-state index in [1.54, 1.807) is 6.33 Å². The van der Waals surface area contributed by atoms with Crippen molar-refractivity contribution in [1.29, 1.82) is 0 Å². The van der Waals surface area contributed by atoms with E-state index in [1.165, 1.54) is 0 Å². The first-order valence-corrected chi connectivity index (χ1v) is 6.16. The second-order valence-electron chi connectivity index (χ2n) is 4.49. The van der Waals surface area contributed by atoms with Crippen LogP contribution in [-0.4, -0.2) is 67.4 Å². The van der Waals surface area contributed by atoms with Crippen molar-refractivity contribution in [2.75, 3.05) is 57.6 Å². The average Bonchev–Trinajstić information content (AvgIpc) is 2.36. The van der Waals surface area contributed by atoms with Crippen molar-refractivity contribution in [3.63, 3.8) is 0 Å². The fourth-order valence-electron chi connectivity index (χ4n) is 1.48. The van der Waals surface area contributed by atoms with Crippen LogP contribution in [0.5, 0.6) is 0 Å². The molecule has 1 aromatic rings. The largest absolute Gasteiger partial charge is 0.396 e. The first kappa shape index (κ1) is 14.7. The van der Waals surface area contributed by atoms with Crippen molar-refractivity contribution in [2.45, 2.75) is 6.42 Å². The van der Waals surface area contributed by atoms with Crippen LogP contribution < -0.4 is 10.2 Å². The fourth-order valence-corrected chi connectivity index (χ4v) is 1.48. The molecule has 18 heavy (non-hydrogen) atoms. The van der Waals surface area contributed by atoms with Gasteiger partial charge in [-0.05, 0) is 20.5 Å². The molecule has 1 aromatic heterocycles. The van der Waals surface area contributed by atoms with Gasteiger partial charge in [0, 0.05) is 39.4 Å². The smallest absolute Gasteiger partial charge is 0.133 e. The number of rotatable bonds is 8. The molecule has 0 unspecified atom stereocenters. The third-order valence-electron chi connectivity index (χ3n) is 2.56. The predicted molar refractivity (Wildman–Crippen MR) is 74.0 cm³/mol. The summed E-state index contributed by atoms with van der Waals surface area (Å²) in [6.45, 7) is 2.79. The van der Waals surface area contributed by atoms with Crippen molar-refractivity contribution in [1.82, 2.24) is 14.9 Å². The van der Waals surface area contributed by atoms with Gasteiger partial charge >= 0.3 is 0 Å².